The van der Waals surface area contributed by atoms with Crippen molar-refractivity contribution in [2.75, 3.05) is 14.1 Å². The number of amides is 1. The van der Waals surface area contributed by atoms with Crippen molar-refractivity contribution in [2.24, 2.45) is 17.6 Å². The molecule has 0 radical (unpaired) electrons. The highest BCUT2D eigenvalue weighted by molar-refractivity contribution is 6.24. The van der Waals surface area contributed by atoms with E-state index in [0.29, 0.717) is 11.1 Å². The highest BCUT2D eigenvalue weighted by Crippen LogP contribution is 2.53. The van der Waals surface area contributed by atoms with Crippen LogP contribution in [-0.2, 0) is 26.2 Å². The molecular weight excluding hydrogens is 456 g/mol. The molecule has 10 nitrogen and oxygen atoms in total. The molecule has 35 heavy (non-hydrogen) atoms. The molecule has 5 atom stereocenters. The molecule has 0 aliphatic heterocycles. The number of Topliss-reactive ketones (excluding diaryl/α,β-unsaturated/α-hetero) is 2. The minimum Gasteiger partial charge on any atom is -0.508 e. The molecule has 1 aromatic carbocycles. The molecule has 0 unspecified atom stereocenters. The molecule has 1 amide bonds. The fourth-order valence-corrected chi connectivity index (χ4v) is 5.84. The average Bonchev–Trinajstić information content (AvgIpc) is 2.72. The van der Waals surface area contributed by atoms with E-state index in [1.165, 1.54) is 19.0 Å². The lowest BCUT2D eigenvalue weighted by Crippen LogP contribution is -2.70. The maximum Gasteiger partial charge on any atom is 0.255 e. The standard InChI is InChI=1S/C25H30N2O8/c1-24(2,3)11-7-6-9-8-10-13(19(30)12(9)18(11)29)21(32)25(35)15(17(10)28)16(27(4)5)20(31)14(22(25)33)23(26)34/h6-7,10,15-17,28-30,33,35H,8H2,1-5H3,(H2,26,34)/t10-,15-,16+,17+,25+/m1/s1. The Morgan fingerprint density at radius 3 is 2.26 bits per heavy atom. The van der Waals surface area contributed by atoms with Gasteiger partial charge in [-0.1, -0.05) is 32.9 Å². The van der Waals surface area contributed by atoms with Crippen LogP contribution < -0.4 is 5.73 Å². The lowest BCUT2D eigenvalue weighted by molar-refractivity contribution is -0.168. The van der Waals surface area contributed by atoms with Gasteiger partial charge in [-0.3, -0.25) is 19.3 Å². The molecule has 4 rings (SSSR count). The number of carbonyl (C=O) groups excluding carboxylic acids is 3. The Morgan fingerprint density at radius 2 is 1.74 bits per heavy atom. The lowest BCUT2D eigenvalue weighted by atomic mass is 9.56. The molecule has 0 saturated heterocycles. The van der Waals surface area contributed by atoms with Crippen molar-refractivity contribution in [2.45, 2.75) is 50.4 Å². The predicted molar refractivity (Wildman–Crippen MR) is 124 cm³/mol. The van der Waals surface area contributed by atoms with Gasteiger partial charge >= 0.3 is 0 Å². The van der Waals surface area contributed by atoms with Crippen LogP contribution in [0.15, 0.2) is 29.0 Å². The van der Waals surface area contributed by atoms with Gasteiger partial charge in [0.15, 0.2) is 11.4 Å². The molecule has 1 saturated carbocycles. The molecule has 0 spiro atoms. The average molecular weight is 487 g/mol. The number of hydrogen-bond acceptors (Lipinski definition) is 9. The van der Waals surface area contributed by atoms with Crippen molar-refractivity contribution in [1.29, 1.82) is 0 Å². The van der Waals surface area contributed by atoms with Gasteiger partial charge in [0, 0.05) is 17.1 Å². The second kappa shape index (κ2) is 7.64. The topological polar surface area (TPSA) is 182 Å². The third kappa shape index (κ3) is 3.17. The molecule has 10 heteroatoms. The van der Waals surface area contributed by atoms with Crippen LogP contribution in [0.3, 0.4) is 0 Å². The SMILES string of the molecule is CN(C)[C@@H]1C(=O)C(C(N)=O)=C(O)[C@@]2(O)C(=O)C3=C(O)c4c(ccc(C(C)(C)C)c4O)C[C@H]3[C@H](O)[C@@H]12. The summed E-state index contributed by atoms with van der Waals surface area (Å²) in [6, 6.07) is 2.04. The number of primary amides is 1. The first-order valence-electron chi connectivity index (χ1n) is 11.2. The van der Waals surface area contributed by atoms with E-state index in [0.717, 1.165) is 0 Å². The first-order valence-corrected chi connectivity index (χ1v) is 11.2. The van der Waals surface area contributed by atoms with Crippen LogP contribution in [0.1, 0.15) is 37.5 Å². The number of nitrogens with zero attached hydrogens (tertiary/aromatic N) is 1. The van der Waals surface area contributed by atoms with Crippen molar-refractivity contribution < 1.29 is 39.9 Å². The third-order valence-corrected chi connectivity index (χ3v) is 7.48. The maximum atomic E-state index is 13.8. The fraction of sp³-hybridized carbons (Fsp3) is 0.480. The van der Waals surface area contributed by atoms with E-state index < -0.39 is 75.1 Å². The molecule has 188 valence electrons. The quantitative estimate of drug-likeness (QED) is 0.319. The highest BCUT2D eigenvalue weighted by Gasteiger charge is 2.67. The summed E-state index contributed by atoms with van der Waals surface area (Å²) in [6.07, 6.45) is -1.56. The smallest absolute Gasteiger partial charge is 0.255 e. The molecule has 0 bridgehead atoms. The summed E-state index contributed by atoms with van der Waals surface area (Å²) in [6.45, 7) is 5.59. The number of aliphatic hydroxyl groups is 4. The first-order chi connectivity index (χ1) is 16.1. The summed E-state index contributed by atoms with van der Waals surface area (Å²) >= 11 is 0. The number of rotatable bonds is 2. The van der Waals surface area contributed by atoms with Crippen LogP contribution >= 0.6 is 0 Å². The van der Waals surface area contributed by atoms with Gasteiger partial charge < -0.3 is 31.3 Å². The number of likely N-dealkylation sites (N-methyl/N-ethyl adjacent to an activating group) is 1. The Bertz CT molecular complexity index is 1240. The van der Waals surface area contributed by atoms with E-state index in [1.54, 1.807) is 12.1 Å². The third-order valence-electron chi connectivity index (χ3n) is 7.48. The van der Waals surface area contributed by atoms with E-state index in [-0.39, 0.29) is 17.7 Å². The van der Waals surface area contributed by atoms with Gasteiger partial charge in [-0.05, 0) is 31.5 Å². The van der Waals surface area contributed by atoms with Gasteiger partial charge in [-0.15, -0.1) is 0 Å². The number of carbonyl (C=O) groups is 3. The van der Waals surface area contributed by atoms with Gasteiger partial charge in [0.1, 0.15) is 22.8 Å². The number of aliphatic hydroxyl groups excluding tert-OH is 3. The van der Waals surface area contributed by atoms with Gasteiger partial charge in [0.2, 0.25) is 5.78 Å². The van der Waals surface area contributed by atoms with Crippen molar-refractivity contribution in [3.8, 4) is 5.75 Å². The van der Waals surface area contributed by atoms with E-state index in [2.05, 4.69) is 0 Å². The number of aromatic hydroxyl groups is 1. The van der Waals surface area contributed by atoms with Crippen LogP contribution in [0.5, 0.6) is 5.75 Å². The molecule has 0 heterocycles. The molecule has 3 aliphatic rings. The summed E-state index contributed by atoms with van der Waals surface area (Å²) < 4.78 is 0. The molecule has 7 N–H and O–H groups in total. The second-order valence-electron chi connectivity index (χ2n) is 10.8. The second-order valence-corrected chi connectivity index (χ2v) is 10.8. The number of fused-ring (bicyclic) bond motifs is 3. The van der Waals surface area contributed by atoms with Crippen LogP contribution in [0.4, 0.5) is 0 Å². The number of ketones is 2. The number of hydrogen-bond donors (Lipinski definition) is 6. The van der Waals surface area contributed by atoms with Crippen molar-refractivity contribution in [3.63, 3.8) is 0 Å². The Labute approximate surface area is 202 Å². The van der Waals surface area contributed by atoms with Gasteiger partial charge in [-0.2, -0.15) is 0 Å². The van der Waals surface area contributed by atoms with Crippen LogP contribution in [0.25, 0.3) is 5.76 Å². The Balaban J connectivity index is 2.02. The van der Waals surface area contributed by atoms with Gasteiger partial charge in [-0.25, -0.2) is 0 Å². The summed E-state index contributed by atoms with van der Waals surface area (Å²) in [7, 11) is 2.93. The fourth-order valence-electron chi connectivity index (χ4n) is 5.84. The number of phenols is 1. The zero-order valence-corrected chi connectivity index (χ0v) is 20.2. The van der Waals surface area contributed by atoms with Crippen LogP contribution in [0, 0.1) is 11.8 Å². The Hall–Kier alpha value is -3.21. The van der Waals surface area contributed by atoms with Crippen LogP contribution in [-0.4, -0.2) is 79.7 Å². The van der Waals surface area contributed by atoms with Crippen molar-refractivity contribution in [3.05, 3.63) is 45.7 Å². The van der Waals surface area contributed by atoms with E-state index in [4.69, 9.17) is 5.73 Å². The van der Waals surface area contributed by atoms with E-state index in [1.807, 2.05) is 20.8 Å². The van der Waals surface area contributed by atoms with E-state index in [9.17, 15) is 39.9 Å². The molecule has 1 fully saturated rings. The number of phenolic OH excluding ortho intramolecular Hbond substituents is 1. The van der Waals surface area contributed by atoms with Crippen LogP contribution in [0.2, 0.25) is 0 Å². The Morgan fingerprint density at radius 1 is 1.14 bits per heavy atom. The maximum absolute atomic E-state index is 13.8. The minimum absolute atomic E-state index is 0.000847. The highest BCUT2D eigenvalue weighted by atomic mass is 16.4. The summed E-state index contributed by atoms with van der Waals surface area (Å²) in [4.78, 5) is 40.2. The summed E-state index contributed by atoms with van der Waals surface area (Å²) in [5.74, 6) is -8.15. The normalized spacial score (nSPS) is 30.9. The zero-order chi connectivity index (χ0) is 26.4. The largest absolute Gasteiger partial charge is 0.508 e. The van der Waals surface area contributed by atoms with Gasteiger partial charge in [0.05, 0.1) is 23.6 Å². The van der Waals surface area contributed by atoms with Crippen molar-refractivity contribution in [1.82, 2.24) is 4.90 Å². The zero-order valence-electron chi connectivity index (χ0n) is 20.2. The lowest BCUT2D eigenvalue weighted by Gasteiger charge is -2.52. The number of benzene rings is 1. The molecule has 1 aromatic rings. The first kappa shape index (κ1) is 24.9. The number of nitrogens with two attached hydrogens (primary N) is 1. The van der Waals surface area contributed by atoms with E-state index >= 15 is 0 Å². The Kier molecular flexibility index (Phi) is 5.44. The van der Waals surface area contributed by atoms with Gasteiger partial charge in [0.25, 0.3) is 5.91 Å². The van der Waals surface area contributed by atoms with Crippen molar-refractivity contribution >= 4 is 23.2 Å². The summed E-state index contributed by atoms with van der Waals surface area (Å²) in [5.41, 5.74) is 1.55. The minimum atomic E-state index is -2.90. The molecule has 0 aromatic heterocycles. The molecule has 3 aliphatic carbocycles. The monoisotopic (exact) mass is 486 g/mol. The predicted octanol–water partition coefficient (Wildman–Crippen LogP) is 0.232. The summed E-state index contributed by atoms with van der Waals surface area (Å²) in [5, 5.41) is 56.1. The molecular formula is C25H30N2O8.